The molecule has 1 aliphatic heterocycles. The lowest BCUT2D eigenvalue weighted by Crippen LogP contribution is -2.53. The third-order valence-electron chi connectivity index (χ3n) is 4.29. The van der Waals surface area contributed by atoms with Gasteiger partial charge in [-0.2, -0.15) is 0 Å². The zero-order valence-corrected chi connectivity index (χ0v) is 16.1. The molecule has 2 rings (SSSR count). The lowest BCUT2D eigenvalue weighted by molar-refractivity contribution is 0.0271. The van der Waals surface area contributed by atoms with E-state index in [-0.39, 0.29) is 4.90 Å². The summed E-state index contributed by atoms with van der Waals surface area (Å²) >= 11 is 0. The van der Waals surface area contributed by atoms with Gasteiger partial charge in [0.25, 0.3) is 10.0 Å². The Morgan fingerprint density at radius 3 is 2.04 bits per heavy atom. The van der Waals surface area contributed by atoms with Crippen LogP contribution in [0.2, 0.25) is 0 Å². The molecule has 2 atom stereocenters. The first-order valence-electron chi connectivity index (χ1n) is 7.55. The Morgan fingerprint density at radius 1 is 1.04 bits per heavy atom. The minimum Gasteiger partial charge on any atom is -0.390 e. The number of hydrazine groups is 1. The van der Waals surface area contributed by atoms with Gasteiger partial charge in [0.1, 0.15) is 0 Å². The first-order valence-corrected chi connectivity index (χ1v) is 10.8. The van der Waals surface area contributed by atoms with Gasteiger partial charge in [-0.05, 0) is 43.5 Å². The van der Waals surface area contributed by atoms with Crippen molar-refractivity contribution in [3.05, 3.63) is 28.8 Å². The van der Waals surface area contributed by atoms with Crippen LogP contribution < -0.4 is 0 Å². The van der Waals surface area contributed by atoms with Gasteiger partial charge in [0.05, 0.1) is 28.5 Å². The van der Waals surface area contributed by atoms with Crippen LogP contribution in [0.4, 0.5) is 0 Å². The van der Waals surface area contributed by atoms with Gasteiger partial charge in [-0.25, -0.2) is 21.8 Å². The average molecular weight is 377 g/mol. The molecule has 0 spiro atoms. The first kappa shape index (κ1) is 19.3. The molecule has 1 aromatic rings. The summed E-state index contributed by atoms with van der Waals surface area (Å²) in [5.74, 6) is -0.821. The molecule has 0 radical (unpaired) electrons. The number of rotatable bonds is 4. The van der Waals surface area contributed by atoms with Gasteiger partial charge in [-0.1, -0.05) is 6.07 Å². The van der Waals surface area contributed by atoms with E-state index in [1.54, 1.807) is 19.1 Å². The molecule has 7 nitrogen and oxygen atoms in total. The van der Waals surface area contributed by atoms with Crippen LogP contribution in [0.25, 0.3) is 0 Å². The summed E-state index contributed by atoms with van der Waals surface area (Å²) in [6.07, 6.45) is -1.25. The molecule has 1 aliphatic rings. The van der Waals surface area contributed by atoms with Crippen molar-refractivity contribution >= 4 is 19.9 Å². The summed E-state index contributed by atoms with van der Waals surface area (Å²) in [7, 11) is -4.44. The molecule has 0 aromatic heterocycles. The third-order valence-corrected chi connectivity index (χ3v) is 8.07. The topological polar surface area (TPSA) is 95.0 Å². The highest BCUT2D eigenvalue weighted by Crippen LogP contribution is 2.29. The van der Waals surface area contributed by atoms with Crippen molar-refractivity contribution in [2.45, 2.75) is 37.8 Å². The normalized spacial score (nSPS) is 24.0. The number of hydrogen-bond donors (Lipinski definition) is 1. The Hall–Kier alpha value is -1.00. The van der Waals surface area contributed by atoms with Crippen molar-refractivity contribution in [2.24, 2.45) is 0 Å². The highest BCUT2D eigenvalue weighted by Gasteiger charge is 2.46. The predicted octanol–water partition coefficient (Wildman–Crippen LogP) is 0.237. The minimum absolute atomic E-state index is 0.121. The monoisotopic (exact) mass is 376 g/mol. The van der Waals surface area contributed by atoms with Gasteiger partial charge in [0.2, 0.25) is 0 Å². The summed E-state index contributed by atoms with van der Waals surface area (Å²) in [5.41, 5.74) is 2.39. The van der Waals surface area contributed by atoms with E-state index < -0.39 is 43.5 Å². The van der Waals surface area contributed by atoms with E-state index in [9.17, 15) is 21.9 Å². The molecule has 1 heterocycles. The van der Waals surface area contributed by atoms with E-state index in [1.165, 1.54) is 19.1 Å². The molecule has 1 fully saturated rings. The maximum Gasteiger partial charge on any atom is 0.256 e. The zero-order valence-electron chi connectivity index (χ0n) is 14.5. The number of aryl methyl sites for hydroxylation is 3. The number of sulfone groups is 1. The molecule has 0 saturated carbocycles. The molecule has 136 valence electrons. The van der Waals surface area contributed by atoms with Crippen LogP contribution >= 0.6 is 0 Å². The number of aliphatic hydroxyl groups is 1. The highest BCUT2D eigenvalue weighted by atomic mass is 32.2. The molecule has 1 saturated heterocycles. The van der Waals surface area contributed by atoms with Crippen molar-refractivity contribution in [3.8, 4) is 0 Å². The van der Waals surface area contributed by atoms with E-state index in [2.05, 4.69) is 0 Å². The van der Waals surface area contributed by atoms with E-state index in [1.807, 2.05) is 13.8 Å². The van der Waals surface area contributed by atoms with Crippen molar-refractivity contribution < 1.29 is 21.9 Å². The quantitative estimate of drug-likeness (QED) is 0.757. The smallest absolute Gasteiger partial charge is 0.256 e. The zero-order chi connectivity index (χ0) is 18.4. The van der Waals surface area contributed by atoms with Gasteiger partial charge in [0.15, 0.2) is 9.84 Å². The van der Waals surface area contributed by atoms with Crippen LogP contribution in [0, 0.1) is 20.8 Å². The lowest BCUT2D eigenvalue weighted by Gasteiger charge is -2.34. The molecule has 1 aromatic carbocycles. The molecule has 0 aliphatic carbocycles. The summed E-state index contributed by atoms with van der Waals surface area (Å²) in [6.45, 7) is 5.42. The summed E-state index contributed by atoms with van der Waals surface area (Å²) in [5, 5.41) is 11.4. The number of nitrogens with zero attached hydrogens (tertiary/aromatic N) is 2. The fourth-order valence-corrected chi connectivity index (χ4v) is 6.88. The van der Waals surface area contributed by atoms with E-state index >= 15 is 0 Å². The Balaban J connectivity index is 2.58. The van der Waals surface area contributed by atoms with Gasteiger partial charge in [-0.3, -0.25) is 0 Å². The van der Waals surface area contributed by atoms with Gasteiger partial charge in [0, 0.05) is 14.1 Å². The fraction of sp³-hybridized carbons (Fsp3) is 0.600. The first-order chi connectivity index (χ1) is 10.9. The van der Waals surface area contributed by atoms with Crippen LogP contribution in [0.5, 0.6) is 0 Å². The molecule has 0 amide bonds. The van der Waals surface area contributed by atoms with Crippen molar-refractivity contribution in [1.29, 1.82) is 0 Å². The van der Waals surface area contributed by atoms with Gasteiger partial charge < -0.3 is 5.11 Å². The van der Waals surface area contributed by atoms with Crippen molar-refractivity contribution in [1.82, 2.24) is 9.42 Å². The maximum atomic E-state index is 13.2. The molecular formula is C15H24N2O5S2. The Labute approximate surface area is 143 Å². The van der Waals surface area contributed by atoms with Crippen LogP contribution in [0.15, 0.2) is 17.0 Å². The third kappa shape index (κ3) is 3.50. The number of hydrogen-bond acceptors (Lipinski definition) is 6. The predicted molar refractivity (Wildman–Crippen MR) is 91.8 cm³/mol. The van der Waals surface area contributed by atoms with Crippen molar-refractivity contribution in [3.63, 3.8) is 0 Å². The summed E-state index contributed by atoms with van der Waals surface area (Å²) < 4.78 is 51.0. The second-order valence-corrected chi connectivity index (χ2v) is 10.5. The summed E-state index contributed by atoms with van der Waals surface area (Å²) in [4.78, 5) is 0.121. The van der Waals surface area contributed by atoms with Crippen LogP contribution in [0.1, 0.15) is 16.7 Å². The fourth-order valence-electron chi connectivity index (χ4n) is 3.02. The largest absolute Gasteiger partial charge is 0.390 e. The number of aliphatic hydroxyl groups excluding tert-OH is 1. The number of benzene rings is 1. The lowest BCUT2D eigenvalue weighted by atomic mass is 10.1. The molecular weight excluding hydrogens is 352 g/mol. The molecule has 0 bridgehead atoms. The average Bonchev–Trinajstić information content (AvgIpc) is 2.66. The minimum atomic E-state index is -4.00. The molecule has 0 unspecified atom stereocenters. The Morgan fingerprint density at radius 2 is 1.58 bits per heavy atom. The molecule has 1 N–H and O–H groups in total. The maximum absolute atomic E-state index is 13.2. The Bertz CT molecular complexity index is 847. The molecule has 24 heavy (non-hydrogen) atoms. The van der Waals surface area contributed by atoms with Crippen LogP contribution in [0.3, 0.4) is 0 Å². The number of sulfonamides is 1. The van der Waals surface area contributed by atoms with Gasteiger partial charge >= 0.3 is 0 Å². The van der Waals surface area contributed by atoms with Crippen LogP contribution in [-0.2, 0) is 19.9 Å². The SMILES string of the molecule is Cc1cc(C)c(S(=O)(=O)N([C@@H]2CS(=O)(=O)C[C@H]2O)N(C)C)cc1C. The van der Waals surface area contributed by atoms with E-state index in [0.717, 1.165) is 15.5 Å². The van der Waals surface area contributed by atoms with Gasteiger partial charge in [-0.15, -0.1) is 4.41 Å². The molecule has 9 heteroatoms. The summed E-state index contributed by atoms with van der Waals surface area (Å²) in [6, 6.07) is 2.35. The van der Waals surface area contributed by atoms with Crippen LogP contribution in [-0.4, -0.2) is 69.1 Å². The highest BCUT2D eigenvalue weighted by molar-refractivity contribution is 7.92. The van der Waals surface area contributed by atoms with E-state index in [0.29, 0.717) is 5.56 Å². The van der Waals surface area contributed by atoms with E-state index in [4.69, 9.17) is 0 Å². The standard InChI is InChI=1S/C15H24N2O5S2/c1-10-6-12(3)15(7-11(10)2)24(21,22)17(16(4)5)13-8-23(19,20)9-14(13)18/h6-7,13-14,18H,8-9H2,1-5H3/t13-,14-/m1/s1. The Kier molecular flexibility index (Phi) is 5.14. The second kappa shape index (κ2) is 6.38. The second-order valence-electron chi connectivity index (χ2n) is 6.54. The van der Waals surface area contributed by atoms with Crippen molar-refractivity contribution in [2.75, 3.05) is 25.6 Å².